The first-order valence-corrected chi connectivity index (χ1v) is 4.43. The first kappa shape index (κ1) is 9.33. The van der Waals surface area contributed by atoms with Gasteiger partial charge in [0.2, 0.25) is 5.78 Å². The first-order chi connectivity index (χ1) is 7.27. The molecule has 0 bridgehead atoms. The topological polar surface area (TPSA) is 68.9 Å². The number of hydrogen-bond acceptors (Lipinski definition) is 4. The van der Waals surface area contributed by atoms with E-state index in [4.69, 9.17) is 5.73 Å². The third-order valence-corrected chi connectivity index (χ3v) is 1.94. The van der Waals surface area contributed by atoms with Crippen LogP contribution in [0, 0.1) is 0 Å². The molecule has 4 heteroatoms. The van der Waals surface area contributed by atoms with Crippen LogP contribution in [0.15, 0.2) is 42.9 Å². The molecule has 0 atom stereocenters. The Hall–Kier alpha value is -2.23. The number of pyridine rings is 2. The molecule has 0 aliphatic heterocycles. The van der Waals surface area contributed by atoms with E-state index in [2.05, 4.69) is 9.97 Å². The van der Waals surface area contributed by atoms with E-state index in [1.54, 1.807) is 30.5 Å². The highest BCUT2D eigenvalue weighted by atomic mass is 16.1. The second-order valence-electron chi connectivity index (χ2n) is 3.05. The van der Waals surface area contributed by atoms with Crippen LogP contribution in [0.1, 0.15) is 16.1 Å². The van der Waals surface area contributed by atoms with E-state index in [9.17, 15) is 4.79 Å². The summed E-state index contributed by atoms with van der Waals surface area (Å²) in [6, 6.07) is 6.67. The highest BCUT2D eigenvalue weighted by Crippen LogP contribution is 2.07. The highest BCUT2D eigenvalue weighted by Gasteiger charge is 2.09. The van der Waals surface area contributed by atoms with Gasteiger partial charge in [0.25, 0.3) is 0 Å². The molecule has 0 aliphatic rings. The first-order valence-electron chi connectivity index (χ1n) is 4.43. The lowest BCUT2D eigenvalue weighted by molar-refractivity contribution is 0.103. The lowest BCUT2D eigenvalue weighted by atomic mass is 10.1. The zero-order valence-electron chi connectivity index (χ0n) is 7.92. The van der Waals surface area contributed by atoms with Crippen molar-refractivity contribution < 1.29 is 4.79 Å². The largest absolute Gasteiger partial charge is 0.397 e. The lowest BCUT2D eigenvalue weighted by Crippen LogP contribution is -2.04. The van der Waals surface area contributed by atoms with E-state index in [1.165, 1.54) is 12.4 Å². The Labute approximate surface area is 86.8 Å². The Morgan fingerprint density at radius 2 is 2.07 bits per heavy atom. The molecule has 4 nitrogen and oxygen atoms in total. The number of nitrogen functional groups attached to an aromatic ring is 1. The van der Waals surface area contributed by atoms with Gasteiger partial charge < -0.3 is 5.73 Å². The molecule has 0 saturated carbocycles. The van der Waals surface area contributed by atoms with E-state index >= 15 is 0 Å². The van der Waals surface area contributed by atoms with E-state index < -0.39 is 0 Å². The second-order valence-corrected chi connectivity index (χ2v) is 3.05. The summed E-state index contributed by atoms with van der Waals surface area (Å²) < 4.78 is 0. The van der Waals surface area contributed by atoms with Gasteiger partial charge in [-0.2, -0.15) is 0 Å². The molecule has 0 saturated heterocycles. The molecule has 2 aromatic rings. The zero-order valence-corrected chi connectivity index (χ0v) is 7.92. The molecule has 0 fully saturated rings. The van der Waals surface area contributed by atoms with Crippen molar-refractivity contribution in [1.29, 1.82) is 0 Å². The van der Waals surface area contributed by atoms with Crippen molar-refractivity contribution in [3.8, 4) is 0 Å². The Kier molecular flexibility index (Phi) is 2.41. The Morgan fingerprint density at radius 1 is 1.20 bits per heavy atom. The number of nitrogens with two attached hydrogens (primary N) is 1. The number of aromatic nitrogens is 2. The van der Waals surface area contributed by atoms with Crippen LogP contribution in [0.2, 0.25) is 0 Å². The van der Waals surface area contributed by atoms with Gasteiger partial charge in [0.15, 0.2) is 0 Å². The smallest absolute Gasteiger partial charge is 0.212 e. The fraction of sp³-hybridized carbons (Fsp3) is 0. The normalized spacial score (nSPS) is 9.87. The number of hydrogen-bond donors (Lipinski definition) is 1. The number of nitrogens with zero attached hydrogens (tertiary/aromatic N) is 2. The van der Waals surface area contributed by atoms with Crippen LogP contribution in [0.5, 0.6) is 0 Å². The predicted octanol–water partition coefficient (Wildman–Crippen LogP) is 1.29. The average Bonchev–Trinajstić information content (AvgIpc) is 2.30. The number of ketones is 1. The molecule has 0 spiro atoms. The highest BCUT2D eigenvalue weighted by molar-refractivity contribution is 6.07. The van der Waals surface area contributed by atoms with Gasteiger partial charge in [-0.1, -0.05) is 0 Å². The molecule has 0 aliphatic carbocycles. The second kappa shape index (κ2) is 3.88. The van der Waals surface area contributed by atoms with E-state index in [1.807, 2.05) is 0 Å². The minimum atomic E-state index is -0.150. The quantitative estimate of drug-likeness (QED) is 0.740. The third kappa shape index (κ3) is 1.99. The van der Waals surface area contributed by atoms with Crippen LogP contribution in [0.3, 0.4) is 0 Å². The summed E-state index contributed by atoms with van der Waals surface area (Å²) in [4.78, 5) is 19.6. The summed E-state index contributed by atoms with van der Waals surface area (Å²) in [5, 5.41) is 0. The van der Waals surface area contributed by atoms with Crippen molar-refractivity contribution in [2.24, 2.45) is 0 Å². The molecule has 0 amide bonds. The van der Waals surface area contributed by atoms with Crippen molar-refractivity contribution >= 4 is 11.5 Å². The standard InChI is InChI=1S/C11H9N3O/c12-9-3-4-10(14-7-9)11(15)8-2-1-5-13-6-8/h1-7H,12H2. The molecule has 74 valence electrons. The minimum Gasteiger partial charge on any atom is -0.397 e. The summed E-state index contributed by atoms with van der Waals surface area (Å²) in [7, 11) is 0. The van der Waals surface area contributed by atoms with Gasteiger partial charge in [-0.15, -0.1) is 0 Å². The maximum atomic E-state index is 11.8. The molecule has 2 heterocycles. The molecule has 2 aromatic heterocycles. The van der Waals surface area contributed by atoms with E-state index in [0.29, 0.717) is 16.9 Å². The van der Waals surface area contributed by atoms with Crippen LogP contribution >= 0.6 is 0 Å². The van der Waals surface area contributed by atoms with Crippen molar-refractivity contribution in [2.75, 3.05) is 5.73 Å². The summed E-state index contributed by atoms with van der Waals surface area (Å²) in [5.41, 5.74) is 6.91. The number of anilines is 1. The number of carbonyl (C=O) groups excluding carboxylic acids is 1. The minimum absolute atomic E-state index is 0.150. The molecule has 15 heavy (non-hydrogen) atoms. The summed E-state index contributed by atoms with van der Waals surface area (Å²) in [6.45, 7) is 0. The zero-order chi connectivity index (χ0) is 10.7. The maximum absolute atomic E-state index is 11.8. The van der Waals surface area contributed by atoms with Crippen molar-refractivity contribution in [3.63, 3.8) is 0 Å². The number of rotatable bonds is 2. The number of carbonyl (C=O) groups is 1. The molecule has 0 unspecified atom stereocenters. The monoisotopic (exact) mass is 199 g/mol. The van der Waals surface area contributed by atoms with Crippen LogP contribution in [0.4, 0.5) is 5.69 Å². The van der Waals surface area contributed by atoms with Crippen molar-refractivity contribution in [3.05, 3.63) is 54.1 Å². The van der Waals surface area contributed by atoms with Gasteiger partial charge in [-0.3, -0.25) is 14.8 Å². The van der Waals surface area contributed by atoms with E-state index in [0.717, 1.165) is 0 Å². The van der Waals surface area contributed by atoms with Gasteiger partial charge in [-0.25, -0.2) is 0 Å². The van der Waals surface area contributed by atoms with Crippen molar-refractivity contribution in [2.45, 2.75) is 0 Å². The van der Waals surface area contributed by atoms with Gasteiger partial charge in [0.1, 0.15) is 5.69 Å². The molecule has 2 N–H and O–H groups in total. The Bertz CT molecular complexity index is 465. The Morgan fingerprint density at radius 3 is 2.67 bits per heavy atom. The molecule has 0 radical (unpaired) electrons. The third-order valence-electron chi connectivity index (χ3n) is 1.94. The summed E-state index contributed by atoms with van der Waals surface area (Å²) in [5.74, 6) is -0.150. The van der Waals surface area contributed by atoms with Gasteiger partial charge in [-0.05, 0) is 24.3 Å². The van der Waals surface area contributed by atoms with Gasteiger partial charge in [0, 0.05) is 18.0 Å². The molecule has 2 rings (SSSR count). The van der Waals surface area contributed by atoms with Crippen LogP contribution in [0.25, 0.3) is 0 Å². The molecular formula is C11H9N3O. The van der Waals surface area contributed by atoms with Crippen LogP contribution < -0.4 is 5.73 Å². The maximum Gasteiger partial charge on any atom is 0.212 e. The van der Waals surface area contributed by atoms with Crippen LogP contribution in [-0.4, -0.2) is 15.8 Å². The predicted molar refractivity (Wildman–Crippen MR) is 56.3 cm³/mol. The summed E-state index contributed by atoms with van der Waals surface area (Å²) in [6.07, 6.45) is 4.59. The average molecular weight is 199 g/mol. The van der Waals surface area contributed by atoms with E-state index in [-0.39, 0.29) is 5.78 Å². The summed E-state index contributed by atoms with van der Waals surface area (Å²) >= 11 is 0. The van der Waals surface area contributed by atoms with Crippen molar-refractivity contribution in [1.82, 2.24) is 9.97 Å². The van der Waals surface area contributed by atoms with Gasteiger partial charge >= 0.3 is 0 Å². The SMILES string of the molecule is Nc1ccc(C(=O)c2cccnc2)nc1. The fourth-order valence-electron chi connectivity index (χ4n) is 1.18. The lowest BCUT2D eigenvalue weighted by Gasteiger charge is -1.99. The van der Waals surface area contributed by atoms with Crippen LogP contribution in [-0.2, 0) is 0 Å². The fourth-order valence-corrected chi connectivity index (χ4v) is 1.18. The molecule has 0 aromatic carbocycles. The van der Waals surface area contributed by atoms with Gasteiger partial charge in [0.05, 0.1) is 11.9 Å². The molecular weight excluding hydrogens is 190 g/mol. The Balaban J connectivity index is 2.33.